The van der Waals surface area contributed by atoms with E-state index >= 15 is 0 Å². The normalized spacial score (nSPS) is 19.0. The molecule has 2 unspecified atom stereocenters. The van der Waals surface area contributed by atoms with Gasteiger partial charge < -0.3 is 14.9 Å². The first-order valence-corrected chi connectivity index (χ1v) is 9.14. The summed E-state index contributed by atoms with van der Waals surface area (Å²) in [6.07, 6.45) is 1.06. The Labute approximate surface area is 150 Å². The highest BCUT2D eigenvalue weighted by Gasteiger charge is 2.32. The average molecular weight is 346 g/mol. The molecule has 0 aromatic heterocycles. The van der Waals surface area contributed by atoms with E-state index in [-0.39, 0.29) is 23.8 Å². The molecular formula is C20H30N2O3. The fourth-order valence-electron chi connectivity index (χ4n) is 3.32. The maximum Gasteiger partial charge on any atom is 0.253 e. The Balaban J connectivity index is 2.07. The van der Waals surface area contributed by atoms with E-state index in [1.165, 1.54) is 0 Å². The van der Waals surface area contributed by atoms with Gasteiger partial charge >= 0.3 is 0 Å². The number of aliphatic hydroxyl groups is 1. The number of amides is 2. The van der Waals surface area contributed by atoms with Crippen LogP contribution in [-0.2, 0) is 4.79 Å². The first-order chi connectivity index (χ1) is 11.8. The van der Waals surface area contributed by atoms with Gasteiger partial charge in [0.25, 0.3) is 5.91 Å². The first kappa shape index (κ1) is 19.4. The summed E-state index contributed by atoms with van der Waals surface area (Å²) in [5.41, 5.74) is 1.79. The smallest absolute Gasteiger partial charge is 0.253 e. The van der Waals surface area contributed by atoms with Gasteiger partial charge in [-0.25, -0.2) is 0 Å². The molecule has 1 heterocycles. The Kier molecular flexibility index (Phi) is 6.59. The predicted molar refractivity (Wildman–Crippen MR) is 98.3 cm³/mol. The van der Waals surface area contributed by atoms with E-state index in [0.29, 0.717) is 25.2 Å². The molecule has 0 bridgehead atoms. The van der Waals surface area contributed by atoms with Crippen molar-refractivity contribution in [2.24, 2.45) is 5.92 Å². The zero-order valence-electron chi connectivity index (χ0n) is 15.7. The highest BCUT2D eigenvalue weighted by Crippen LogP contribution is 2.22. The fraction of sp³-hybridized carbons (Fsp3) is 0.600. The van der Waals surface area contributed by atoms with Crippen LogP contribution in [0.2, 0.25) is 0 Å². The Morgan fingerprint density at radius 2 is 1.88 bits per heavy atom. The van der Waals surface area contributed by atoms with Crippen LogP contribution in [0.1, 0.15) is 49.5 Å². The quantitative estimate of drug-likeness (QED) is 0.891. The summed E-state index contributed by atoms with van der Waals surface area (Å²) < 4.78 is 0. The van der Waals surface area contributed by atoms with Crippen molar-refractivity contribution >= 4 is 11.8 Å². The number of hydrogen-bond donors (Lipinski definition) is 1. The largest absolute Gasteiger partial charge is 0.392 e. The lowest BCUT2D eigenvalue weighted by Gasteiger charge is -2.37. The van der Waals surface area contributed by atoms with E-state index in [4.69, 9.17) is 0 Å². The van der Waals surface area contributed by atoms with Crippen molar-refractivity contribution in [1.82, 2.24) is 9.80 Å². The Hall–Kier alpha value is -1.88. The van der Waals surface area contributed by atoms with Crippen molar-refractivity contribution in [1.29, 1.82) is 0 Å². The van der Waals surface area contributed by atoms with E-state index in [1.807, 2.05) is 45.0 Å². The number of carbonyl (C=O) groups is 2. The molecule has 1 aliphatic rings. The fourth-order valence-corrected chi connectivity index (χ4v) is 3.32. The molecule has 1 saturated heterocycles. The van der Waals surface area contributed by atoms with Crippen LogP contribution >= 0.6 is 0 Å². The SMILES string of the molecule is Cc1ccc(C(=O)N2CCCC(C(=O)N(CC(C)O)C(C)C)C2)cc1. The Bertz CT molecular complexity index is 595. The van der Waals surface area contributed by atoms with Gasteiger partial charge in [0, 0.05) is 31.2 Å². The summed E-state index contributed by atoms with van der Waals surface area (Å²) in [5.74, 6) is -0.161. The molecule has 0 saturated carbocycles. The molecule has 5 nitrogen and oxygen atoms in total. The number of aryl methyl sites for hydroxylation is 1. The van der Waals surface area contributed by atoms with E-state index in [9.17, 15) is 14.7 Å². The molecule has 0 spiro atoms. The highest BCUT2D eigenvalue weighted by atomic mass is 16.3. The van der Waals surface area contributed by atoms with Crippen molar-refractivity contribution in [3.05, 3.63) is 35.4 Å². The number of nitrogens with zero attached hydrogens (tertiary/aromatic N) is 2. The van der Waals surface area contributed by atoms with E-state index in [1.54, 1.807) is 16.7 Å². The van der Waals surface area contributed by atoms with Crippen molar-refractivity contribution in [2.45, 2.75) is 52.7 Å². The maximum atomic E-state index is 12.9. The zero-order chi connectivity index (χ0) is 18.6. The molecule has 0 aliphatic carbocycles. The lowest BCUT2D eigenvalue weighted by molar-refractivity contribution is -0.140. The van der Waals surface area contributed by atoms with Crippen LogP contribution in [-0.4, -0.2) is 58.5 Å². The van der Waals surface area contributed by atoms with Crippen LogP contribution in [0.5, 0.6) is 0 Å². The third-order valence-electron chi connectivity index (χ3n) is 4.72. The maximum absolute atomic E-state index is 12.9. The standard InChI is InChI=1S/C20H30N2O3/c1-14(2)22(12-16(4)23)20(25)18-6-5-11-21(13-18)19(24)17-9-7-15(3)8-10-17/h7-10,14,16,18,23H,5-6,11-13H2,1-4H3. The lowest BCUT2D eigenvalue weighted by Crippen LogP contribution is -2.50. The molecule has 1 aromatic carbocycles. The molecule has 1 aromatic rings. The molecule has 2 atom stereocenters. The number of hydrogen-bond acceptors (Lipinski definition) is 3. The molecule has 1 N–H and O–H groups in total. The van der Waals surface area contributed by atoms with Gasteiger partial charge in [-0.2, -0.15) is 0 Å². The monoisotopic (exact) mass is 346 g/mol. The molecule has 138 valence electrons. The minimum absolute atomic E-state index is 0.0101. The first-order valence-electron chi connectivity index (χ1n) is 9.14. The van der Waals surface area contributed by atoms with Crippen molar-refractivity contribution in [3.8, 4) is 0 Å². The number of piperidine rings is 1. The lowest BCUT2D eigenvalue weighted by atomic mass is 9.95. The predicted octanol–water partition coefficient (Wildman–Crippen LogP) is 2.47. The van der Waals surface area contributed by atoms with Gasteiger partial charge in [-0.1, -0.05) is 17.7 Å². The average Bonchev–Trinajstić information content (AvgIpc) is 2.59. The van der Waals surface area contributed by atoms with Crippen molar-refractivity contribution in [2.75, 3.05) is 19.6 Å². The van der Waals surface area contributed by atoms with E-state index < -0.39 is 6.10 Å². The third-order valence-corrected chi connectivity index (χ3v) is 4.72. The third kappa shape index (κ3) is 5.05. The summed E-state index contributed by atoms with van der Waals surface area (Å²) in [4.78, 5) is 29.1. The second kappa shape index (κ2) is 8.48. The van der Waals surface area contributed by atoms with Gasteiger partial charge in [-0.3, -0.25) is 9.59 Å². The van der Waals surface area contributed by atoms with Crippen LogP contribution in [0.25, 0.3) is 0 Å². The van der Waals surface area contributed by atoms with Gasteiger partial charge in [0.15, 0.2) is 0 Å². The zero-order valence-corrected chi connectivity index (χ0v) is 15.7. The second-order valence-corrected chi connectivity index (χ2v) is 7.39. The number of likely N-dealkylation sites (tertiary alicyclic amines) is 1. The highest BCUT2D eigenvalue weighted by molar-refractivity contribution is 5.94. The second-order valence-electron chi connectivity index (χ2n) is 7.39. The van der Waals surface area contributed by atoms with Gasteiger partial charge in [0.2, 0.25) is 5.91 Å². The van der Waals surface area contributed by atoms with Gasteiger partial charge in [-0.05, 0) is 52.7 Å². The minimum Gasteiger partial charge on any atom is -0.392 e. The van der Waals surface area contributed by atoms with Crippen LogP contribution in [0, 0.1) is 12.8 Å². The molecule has 2 amide bonds. The summed E-state index contributed by atoms with van der Waals surface area (Å²) >= 11 is 0. The van der Waals surface area contributed by atoms with Crippen LogP contribution in [0.15, 0.2) is 24.3 Å². The number of carbonyl (C=O) groups excluding carboxylic acids is 2. The van der Waals surface area contributed by atoms with Crippen LogP contribution in [0.3, 0.4) is 0 Å². The van der Waals surface area contributed by atoms with Gasteiger partial charge in [0.05, 0.1) is 12.0 Å². The van der Waals surface area contributed by atoms with Crippen LogP contribution < -0.4 is 0 Å². The summed E-state index contributed by atoms with van der Waals surface area (Å²) in [6.45, 7) is 9.07. The summed E-state index contributed by atoms with van der Waals surface area (Å²) in [7, 11) is 0. The van der Waals surface area contributed by atoms with Crippen molar-refractivity contribution in [3.63, 3.8) is 0 Å². The molecule has 2 rings (SSSR count). The van der Waals surface area contributed by atoms with Gasteiger partial charge in [0.1, 0.15) is 0 Å². The number of benzene rings is 1. The van der Waals surface area contributed by atoms with Crippen LogP contribution in [0.4, 0.5) is 0 Å². The molecule has 1 fully saturated rings. The van der Waals surface area contributed by atoms with Gasteiger partial charge in [-0.15, -0.1) is 0 Å². The molecule has 25 heavy (non-hydrogen) atoms. The number of aliphatic hydroxyl groups excluding tert-OH is 1. The molecule has 0 radical (unpaired) electrons. The molecular weight excluding hydrogens is 316 g/mol. The Morgan fingerprint density at radius 1 is 1.24 bits per heavy atom. The molecule has 1 aliphatic heterocycles. The minimum atomic E-state index is -0.555. The van der Waals surface area contributed by atoms with E-state index in [2.05, 4.69) is 0 Å². The molecule has 5 heteroatoms. The topological polar surface area (TPSA) is 60.9 Å². The van der Waals surface area contributed by atoms with Crippen molar-refractivity contribution < 1.29 is 14.7 Å². The Morgan fingerprint density at radius 3 is 2.44 bits per heavy atom. The van der Waals surface area contributed by atoms with E-state index in [0.717, 1.165) is 18.4 Å². The summed E-state index contributed by atoms with van der Waals surface area (Å²) in [5, 5.41) is 9.67. The summed E-state index contributed by atoms with van der Waals surface area (Å²) in [6, 6.07) is 7.59. The number of rotatable bonds is 5.